The van der Waals surface area contributed by atoms with E-state index < -0.39 is 0 Å². The van der Waals surface area contributed by atoms with Crippen molar-refractivity contribution in [3.8, 4) is 11.1 Å². The third kappa shape index (κ3) is 2.98. The number of thioether (sulfide) groups is 1. The summed E-state index contributed by atoms with van der Waals surface area (Å²) in [5.74, 6) is 0. The first kappa shape index (κ1) is 18.5. The van der Waals surface area contributed by atoms with Gasteiger partial charge in [0.25, 0.3) is 5.56 Å². The minimum absolute atomic E-state index is 0. The molecule has 1 unspecified atom stereocenters. The smallest absolute Gasteiger partial charge is 0.263 e. The van der Waals surface area contributed by atoms with E-state index in [4.69, 9.17) is 16.6 Å². The van der Waals surface area contributed by atoms with Crippen molar-refractivity contribution < 1.29 is 0 Å². The number of thiophene rings is 1. The van der Waals surface area contributed by atoms with Crippen molar-refractivity contribution in [1.29, 1.82) is 0 Å². The second kappa shape index (κ2) is 6.76. The summed E-state index contributed by atoms with van der Waals surface area (Å²) in [6.45, 7) is 2.82. The van der Waals surface area contributed by atoms with Gasteiger partial charge in [-0.2, -0.15) is 0 Å². The van der Waals surface area contributed by atoms with Crippen molar-refractivity contribution in [3.05, 3.63) is 45.0 Å². The highest BCUT2D eigenvalue weighted by atomic mass is 79.9. The maximum Gasteiger partial charge on any atom is 0.263 e. The third-order valence-corrected chi connectivity index (χ3v) is 7.92. The van der Waals surface area contributed by atoms with Gasteiger partial charge >= 0.3 is 0 Å². The molecule has 0 saturated heterocycles. The first-order valence-electron chi connectivity index (χ1n) is 7.04. The first-order valence-corrected chi connectivity index (χ1v) is 10.2. The predicted molar refractivity (Wildman–Crippen MR) is 113 cm³/mol. The van der Waals surface area contributed by atoms with Crippen LogP contribution in [0.1, 0.15) is 6.92 Å². The molecule has 1 atom stereocenters. The Labute approximate surface area is 171 Å². The minimum Gasteiger partial charge on any atom is -0.286 e. The fourth-order valence-electron chi connectivity index (χ4n) is 2.72. The minimum atomic E-state index is -0.0247. The van der Waals surface area contributed by atoms with E-state index in [1.165, 1.54) is 11.3 Å². The van der Waals surface area contributed by atoms with Gasteiger partial charge in [0.2, 0.25) is 0 Å². The molecule has 8 heteroatoms. The normalized spacial score (nSPS) is 19.3. The predicted octanol–water partition coefficient (Wildman–Crippen LogP) is 5.62. The van der Waals surface area contributed by atoms with Crippen molar-refractivity contribution in [2.45, 2.75) is 23.4 Å². The Morgan fingerprint density at radius 1 is 1.38 bits per heavy atom. The third-order valence-electron chi connectivity index (χ3n) is 3.93. The summed E-state index contributed by atoms with van der Waals surface area (Å²) in [5.41, 5.74) is 1.98. The molecule has 3 aromatic rings. The van der Waals surface area contributed by atoms with E-state index in [0.717, 1.165) is 26.4 Å². The Morgan fingerprint density at radius 3 is 2.75 bits per heavy atom. The highest BCUT2D eigenvalue weighted by Crippen LogP contribution is 2.42. The number of aromatic nitrogens is 2. The van der Waals surface area contributed by atoms with Crippen molar-refractivity contribution in [3.63, 3.8) is 0 Å². The van der Waals surface area contributed by atoms with E-state index in [-0.39, 0.29) is 27.3 Å². The van der Waals surface area contributed by atoms with Crippen molar-refractivity contribution in [2.75, 3.05) is 5.33 Å². The maximum atomic E-state index is 13.0. The lowest BCUT2D eigenvalue weighted by Crippen LogP contribution is -2.28. The number of nitrogens with zero attached hydrogens (tertiary/aromatic N) is 2. The average Bonchev–Trinajstić information content (AvgIpc) is 3.10. The molecule has 0 bridgehead atoms. The summed E-state index contributed by atoms with van der Waals surface area (Å²) < 4.78 is 1.78. The summed E-state index contributed by atoms with van der Waals surface area (Å²) in [7, 11) is 0. The lowest BCUT2D eigenvalue weighted by molar-refractivity contribution is 0.555. The highest BCUT2D eigenvalue weighted by molar-refractivity contribution is 9.09. The molecule has 126 valence electrons. The van der Waals surface area contributed by atoms with Crippen LogP contribution in [0.5, 0.6) is 0 Å². The van der Waals surface area contributed by atoms with Gasteiger partial charge in [-0.1, -0.05) is 51.4 Å². The molecule has 0 spiro atoms. The zero-order valence-electron chi connectivity index (χ0n) is 12.6. The van der Waals surface area contributed by atoms with Gasteiger partial charge in [-0.15, -0.1) is 28.3 Å². The summed E-state index contributed by atoms with van der Waals surface area (Å²) in [6.07, 6.45) is 0. The number of fused-ring (bicyclic) bond motifs is 2. The molecular weight excluding hydrogens is 496 g/mol. The molecule has 0 N–H and O–H groups in total. The topological polar surface area (TPSA) is 34.9 Å². The number of rotatable bonds is 2. The van der Waals surface area contributed by atoms with Crippen molar-refractivity contribution in [2.24, 2.45) is 0 Å². The van der Waals surface area contributed by atoms with E-state index in [2.05, 4.69) is 22.9 Å². The van der Waals surface area contributed by atoms with Crippen LogP contribution in [0.25, 0.3) is 21.3 Å². The van der Waals surface area contributed by atoms with Gasteiger partial charge in [0.15, 0.2) is 5.16 Å². The van der Waals surface area contributed by atoms with E-state index in [1.807, 2.05) is 29.6 Å². The Kier molecular flexibility index (Phi) is 5.20. The second-order valence-electron chi connectivity index (χ2n) is 5.81. The van der Waals surface area contributed by atoms with Gasteiger partial charge in [0.1, 0.15) is 4.83 Å². The molecule has 2 aromatic heterocycles. The number of hydrogen-bond donors (Lipinski definition) is 0. The van der Waals surface area contributed by atoms with E-state index in [0.29, 0.717) is 17.0 Å². The fraction of sp³-hybridized carbons (Fsp3) is 0.250. The second-order valence-corrected chi connectivity index (χ2v) is 9.22. The molecule has 24 heavy (non-hydrogen) atoms. The molecular formula is C16H13Br2ClN2OS2. The molecule has 0 amide bonds. The van der Waals surface area contributed by atoms with Gasteiger partial charge in [-0.3, -0.25) is 9.36 Å². The van der Waals surface area contributed by atoms with E-state index >= 15 is 0 Å². The number of benzene rings is 1. The summed E-state index contributed by atoms with van der Waals surface area (Å²) in [4.78, 5) is 18.5. The molecule has 1 aliphatic heterocycles. The molecule has 0 radical (unpaired) electrons. The monoisotopic (exact) mass is 506 g/mol. The molecule has 0 aliphatic carbocycles. The molecule has 4 rings (SSSR count). The van der Waals surface area contributed by atoms with Crippen LogP contribution in [0.15, 0.2) is 39.6 Å². The van der Waals surface area contributed by atoms with Crippen LogP contribution in [-0.4, -0.2) is 19.6 Å². The maximum absolute atomic E-state index is 13.0. The Balaban J connectivity index is 0.00000169. The number of alkyl halides is 1. The van der Waals surface area contributed by atoms with Gasteiger partial charge in [0.05, 0.1) is 5.39 Å². The van der Waals surface area contributed by atoms with Crippen LogP contribution < -0.4 is 5.56 Å². The SMILES string of the molecule is Br.CC1(CBr)Cn2c(nc3scc(-c4ccc(Cl)cc4)c3c2=O)S1. The first-order chi connectivity index (χ1) is 11.0. The van der Waals surface area contributed by atoms with Crippen LogP contribution in [-0.2, 0) is 6.54 Å². The number of halogens is 3. The highest BCUT2D eigenvalue weighted by Gasteiger charge is 2.35. The lowest BCUT2D eigenvalue weighted by atomic mass is 10.1. The van der Waals surface area contributed by atoms with Gasteiger partial charge in [-0.25, -0.2) is 4.98 Å². The largest absolute Gasteiger partial charge is 0.286 e. The van der Waals surface area contributed by atoms with E-state index in [9.17, 15) is 4.79 Å². The van der Waals surface area contributed by atoms with Crippen molar-refractivity contribution in [1.82, 2.24) is 9.55 Å². The standard InChI is InChI=1S/C16H12BrClN2OS2.BrH/c1-16(7-17)8-20-14(21)12-11(9-2-4-10(18)5-3-9)6-22-13(12)19-15(20)23-16;/h2-6H,7-8H2,1H3;1H. The van der Waals surface area contributed by atoms with Gasteiger partial charge in [0, 0.05) is 32.6 Å². The molecule has 0 saturated carbocycles. The lowest BCUT2D eigenvalue weighted by Gasteiger charge is -2.16. The summed E-state index contributed by atoms with van der Waals surface area (Å²) >= 11 is 12.7. The Hall–Kier alpha value is -0.340. The van der Waals surface area contributed by atoms with Crippen molar-refractivity contribution >= 4 is 77.8 Å². The Morgan fingerprint density at radius 2 is 2.08 bits per heavy atom. The molecule has 1 aromatic carbocycles. The fourth-order valence-corrected chi connectivity index (χ4v) is 5.45. The molecule has 3 heterocycles. The summed E-state index contributed by atoms with van der Waals surface area (Å²) in [5, 5.41) is 5.04. The molecule has 0 fully saturated rings. The molecule has 1 aliphatic rings. The van der Waals surface area contributed by atoms with Crippen LogP contribution >= 0.6 is 67.6 Å². The quantitative estimate of drug-likeness (QED) is 0.333. The van der Waals surface area contributed by atoms with Crippen LogP contribution in [0.3, 0.4) is 0 Å². The van der Waals surface area contributed by atoms with Crippen LogP contribution in [0, 0.1) is 0 Å². The Bertz CT molecular complexity index is 971. The van der Waals surface area contributed by atoms with Gasteiger partial charge in [-0.05, 0) is 24.6 Å². The zero-order valence-corrected chi connectivity index (χ0v) is 18.3. The number of hydrogen-bond acceptors (Lipinski definition) is 4. The zero-order chi connectivity index (χ0) is 16.2. The molecule has 3 nitrogen and oxygen atoms in total. The van der Waals surface area contributed by atoms with Crippen LogP contribution in [0.4, 0.5) is 0 Å². The van der Waals surface area contributed by atoms with Gasteiger partial charge < -0.3 is 0 Å². The average molecular weight is 509 g/mol. The van der Waals surface area contributed by atoms with Crippen LogP contribution in [0.2, 0.25) is 5.02 Å². The summed E-state index contributed by atoms with van der Waals surface area (Å²) in [6, 6.07) is 7.57. The van der Waals surface area contributed by atoms with E-state index in [1.54, 1.807) is 16.3 Å².